The molecule has 4 nitrogen and oxygen atoms in total. The van der Waals surface area contributed by atoms with Crippen LogP contribution in [0.5, 0.6) is 0 Å². The van der Waals surface area contributed by atoms with Crippen LogP contribution < -0.4 is 0 Å². The molecule has 0 aliphatic rings. The van der Waals surface area contributed by atoms with E-state index in [0.717, 1.165) is 0 Å². The zero-order valence-corrected chi connectivity index (χ0v) is 49.0. The molecule has 0 radical (unpaired) electrons. The molecule has 0 aromatic heterocycles. The van der Waals surface area contributed by atoms with Crippen molar-refractivity contribution in [1.82, 2.24) is 10.1 Å². The van der Waals surface area contributed by atoms with Crippen molar-refractivity contribution < 1.29 is 21.1 Å². The van der Waals surface area contributed by atoms with Gasteiger partial charge in [-0.1, -0.05) is 0 Å². The minimum atomic E-state index is -3.45. The molecule has 0 unspecified atom stereocenters. The van der Waals surface area contributed by atoms with E-state index in [1.165, 1.54) is 347 Å². The first-order valence-corrected chi connectivity index (χ1v) is 34.2. The Morgan fingerprint density at radius 2 is 0.318 bits per heavy atom. The molecule has 0 aromatic carbocycles. The summed E-state index contributed by atoms with van der Waals surface area (Å²) in [5.74, 6) is 0. The molecule has 0 saturated heterocycles. The number of hydrogen-bond donors (Lipinski definition) is 0. The van der Waals surface area contributed by atoms with Gasteiger partial charge in [0, 0.05) is 0 Å². The maximum atomic E-state index is 7.62. The number of hydrogen-bond acceptors (Lipinski definition) is 4. The van der Waals surface area contributed by atoms with E-state index in [2.05, 4.69) is 58.8 Å². The summed E-state index contributed by atoms with van der Waals surface area (Å²) in [6.07, 6.45) is 67.4. The van der Waals surface area contributed by atoms with Crippen molar-refractivity contribution in [3.8, 4) is 0 Å². The van der Waals surface area contributed by atoms with Gasteiger partial charge in [-0.25, -0.2) is 0 Å². The predicted octanol–water partition coefficient (Wildman–Crippen LogP) is 21.2. The maximum absolute atomic E-state index is 7.62. The van der Waals surface area contributed by atoms with Crippen molar-refractivity contribution in [2.24, 2.45) is 0 Å². The Morgan fingerprint density at radius 3 is 0.439 bits per heavy atom. The van der Waals surface area contributed by atoms with Gasteiger partial charge in [0.15, 0.2) is 0 Å². The molecule has 0 amide bonds. The second kappa shape index (κ2) is 54.9. The summed E-state index contributed by atoms with van der Waals surface area (Å²) >= 11 is -3.45. The van der Waals surface area contributed by atoms with Crippen LogP contribution in [0.1, 0.15) is 350 Å². The summed E-state index contributed by atoms with van der Waals surface area (Å²) in [7, 11) is 2.23. The number of unbranched alkanes of at least 4 members (excludes halogenated alkanes) is 42. The molecule has 0 aliphatic heterocycles. The standard InChI is InChI=1S/3C20H42N.CH3O.Ti/c3*1-3-5-7-9-11-13-15-17-19-21-20-18-16-14-12-10-8-6-4-2;1-2;/h3*3-20H2,1-2H3;1H3;/q4*-1;+4. The molecule has 0 N–H and O–H groups in total. The topological polar surface area (TPSA) is 19.0 Å². The Hall–Kier alpha value is 0.554. The Kier molecular flexibility index (Phi) is 55.3. The van der Waals surface area contributed by atoms with Crippen molar-refractivity contribution in [2.75, 3.05) is 46.4 Å². The molecule has 398 valence electrons. The molecular weight excluding hydrogens is 839 g/mol. The summed E-state index contributed by atoms with van der Waals surface area (Å²) in [6, 6.07) is 0. The molecule has 0 aliphatic carbocycles. The van der Waals surface area contributed by atoms with E-state index in [1.54, 1.807) is 0 Å². The molecule has 0 saturated carbocycles. The fourth-order valence-corrected chi connectivity index (χ4v) is 18.1. The fraction of sp³-hybridized carbons (Fsp3) is 1.00. The van der Waals surface area contributed by atoms with E-state index in [9.17, 15) is 0 Å². The Labute approximate surface area is 425 Å². The first-order chi connectivity index (χ1) is 32.6. The molecule has 0 fully saturated rings. The van der Waals surface area contributed by atoms with Gasteiger partial charge in [-0.2, -0.15) is 0 Å². The van der Waals surface area contributed by atoms with E-state index in [4.69, 9.17) is 3.32 Å². The van der Waals surface area contributed by atoms with Gasteiger partial charge in [0.2, 0.25) is 0 Å². The van der Waals surface area contributed by atoms with Gasteiger partial charge in [-0.3, -0.25) is 0 Å². The Bertz CT molecular complexity index is 721. The summed E-state index contributed by atoms with van der Waals surface area (Å²) in [5, 5.41) is 0. The molecule has 66 heavy (non-hydrogen) atoms. The third-order valence-electron chi connectivity index (χ3n) is 15.2. The van der Waals surface area contributed by atoms with E-state index in [1.807, 2.05) is 0 Å². The zero-order chi connectivity index (χ0) is 48.1. The molecule has 0 spiro atoms. The van der Waals surface area contributed by atoms with Gasteiger partial charge in [-0.05, 0) is 0 Å². The zero-order valence-electron chi connectivity index (χ0n) is 47.4. The van der Waals surface area contributed by atoms with Gasteiger partial charge >= 0.3 is 427 Å². The van der Waals surface area contributed by atoms with Gasteiger partial charge in [-0.15, -0.1) is 0 Å². The first-order valence-electron chi connectivity index (χ1n) is 31.4. The molecule has 0 aromatic rings. The summed E-state index contributed by atoms with van der Waals surface area (Å²) in [4.78, 5) is 0. The van der Waals surface area contributed by atoms with E-state index in [0.29, 0.717) is 0 Å². The Morgan fingerprint density at radius 1 is 0.197 bits per heavy atom. The minimum absolute atomic E-state index is 1.26. The summed E-state index contributed by atoms with van der Waals surface area (Å²) in [5.41, 5.74) is 0. The van der Waals surface area contributed by atoms with Crippen LogP contribution >= 0.6 is 0 Å². The summed E-state index contributed by atoms with van der Waals surface area (Å²) < 4.78 is 17.1. The monoisotopic (exact) mass is 968 g/mol. The molecule has 0 rings (SSSR count). The van der Waals surface area contributed by atoms with Crippen LogP contribution in [0, 0.1) is 0 Å². The van der Waals surface area contributed by atoms with Crippen LogP contribution in [0.3, 0.4) is 0 Å². The second-order valence-corrected chi connectivity index (χ2v) is 27.0. The van der Waals surface area contributed by atoms with Crippen LogP contribution in [0.25, 0.3) is 0 Å². The molecule has 5 heteroatoms. The number of nitrogens with zero attached hydrogens (tertiary/aromatic N) is 3. The second-order valence-electron chi connectivity index (χ2n) is 21.6. The molecule has 0 bridgehead atoms. The van der Waals surface area contributed by atoms with Crippen LogP contribution in [0.4, 0.5) is 0 Å². The van der Waals surface area contributed by atoms with E-state index >= 15 is 0 Å². The van der Waals surface area contributed by atoms with Crippen LogP contribution in [0.15, 0.2) is 0 Å². The van der Waals surface area contributed by atoms with Gasteiger partial charge in [0.05, 0.1) is 0 Å². The predicted molar refractivity (Wildman–Crippen MR) is 297 cm³/mol. The van der Waals surface area contributed by atoms with Gasteiger partial charge in [0.1, 0.15) is 0 Å². The average molecular weight is 969 g/mol. The summed E-state index contributed by atoms with van der Waals surface area (Å²) in [6.45, 7) is 21.7. The Balaban J connectivity index is 6.85. The number of rotatable bonds is 58. The SMILES string of the molecule is CCCCCCCCCC[N](CCCCCCCCCC)[Ti]([O]C)([N](CCCCCCCCCC)CCCCCCCCCC)[N](CCCCCCCCCC)CCCCCCCCCC. The van der Waals surface area contributed by atoms with Crippen molar-refractivity contribution in [1.29, 1.82) is 0 Å². The normalized spacial score (nSPS) is 12.3. The molecule has 0 atom stereocenters. The first kappa shape index (κ1) is 66.6. The average Bonchev–Trinajstić information content (AvgIpc) is 3.33. The van der Waals surface area contributed by atoms with Crippen molar-refractivity contribution >= 4 is 0 Å². The van der Waals surface area contributed by atoms with Crippen molar-refractivity contribution in [3.05, 3.63) is 0 Å². The van der Waals surface area contributed by atoms with Crippen molar-refractivity contribution in [2.45, 2.75) is 350 Å². The quantitative estimate of drug-likeness (QED) is 0.0447. The fourth-order valence-electron chi connectivity index (χ4n) is 10.8. The van der Waals surface area contributed by atoms with Gasteiger partial charge < -0.3 is 0 Å². The van der Waals surface area contributed by atoms with Crippen molar-refractivity contribution in [3.63, 3.8) is 0 Å². The van der Waals surface area contributed by atoms with Gasteiger partial charge in [0.25, 0.3) is 0 Å². The van der Waals surface area contributed by atoms with E-state index in [-0.39, 0.29) is 0 Å². The van der Waals surface area contributed by atoms with Crippen LogP contribution in [-0.2, 0) is 21.1 Å². The third-order valence-corrected chi connectivity index (χ3v) is 22.0. The third kappa shape index (κ3) is 39.2. The van der Waals surface area contributed by atoms with E-state index < -0.39 is 17.7 Å². The van der Waals surface area contributed by atoms with Crippen LogP contribution in [-0.4, -0.2) is 56.5 Å². The van der Waals surface area contributed by atoms with Crippen LogP contribution in [0.2, 0.25) is 0 Å². The molecular formula is C61H129N3OTi. The molecule has 0 heterocycles.